The largest absolute Gasteiger partial charge is 0.490 e. The van der Waals surface area contributed by atoms with Crippen molar-refractivity contribution in [2.24, 2.45) is 18.4 Å². The van der Waals surface area contributed by atoms with Crippen molar-refractivity contribution in [2.45, 2.75) is 45.5 Å². The van der Waals surface area contributed by atoms with E-state index in [0.717, 1.165) is 38.0 Å². The number of rotatable bonds is 4. The molecule has 11 nitrogen and oxygen atoms in total. The summed E-state index contributed by atoms with van der Waals surface area (Å²) in [5.41, 5.74) is 0.717. The Balaban J connectivity index is 0.000000505. The Morgan fingerprint density at radius 3 is 2.39 bits per heavy atom. The van der Waals surface area contributed by atoms with Gasteiger partial charge in [-0.2, -0.15) is 18.3 Å². The van der Waals surface area contributed by atoms with Gasteiger partial charge in [-0.1, -0.05) is 0 Å². The van der Waals surface area contributed by atoms with E-state index in [4.69, 9.17) is 14.6 Å². The third-order valence-corrected chi connectivity index (χ3v) is 7.09. The number of morpholine rings is 1. The van der Waals surface area contributed by atoms with Crippen LogP contribution < -0.4 is 5.32 Å². The summed E-state index contributed by atoms with van der Waals surface area (Å²) in [7, 11) is 1.92. The number of aliphatic carboxylic acids is 1. The average Bonchev–Trinajstić information content (AvgIpc) is 3.35. The molecular weight excluding hydrogens is 509 g/mol. The van der Waals surface area contributed by atoms with E-state index in [1.807, 2.05) is 47.8 Å². The molecule has 3 amide bonds. The highest BCUT2D eigenvalue weighted by atomic mass is 19.4. The molecule has 1 aromatic rings. The van der Waals surface area contributed by atoms with Crippen LogP contribution in [0.2, 0.25) is 0 Å². The number of halogens is 3. The van der Waals surface area contributed by atoms with Gasteiger partial charge in [0.1, 0.15) is 0 Å². The molecule has 0 bridgehead atoms. The highest BCUT2D eigenvalue weighted by Crippen LogP contribution is 2.44. The number of carboxylic acids is 1. The lowest BCUT2D eigenvalue weighted by Crippen LogP contribution is -2.53. The average molecular weight is 547 g/mol. The van der Waals surface area contributed by atoms with Gasteiger partial charge in [0.25, 0.3) is 0 Å². The number of amides is 3. The number of carboxylic acid groups (broad SMARTS) is 1. The zero-order chi connectivity index (χ0) is 28.1. The second-order valence-electron chi connectivity index (χ2n) is 10.4. The fraction of sp³-hybridized carbons (Fsp3) is 0.750. The third-order valence-electron chi connectivity index (χ3n) is 7.09. The highest BCUT2D eigenvalue weighted by molar-refractivity contribution is 5.84. The number of aromatic nitrogens is 2. The van der Waals surface area contributed by atoms with E-state index in [2.05, 4.69) is 15.3 Å². The number of carbonyl (C=O) groups excluding carboxylic acids is 2. The lowest BCUT2D eigenvalue weighted by atomic mass is 9.73. The maximum Gasteiger partial charge on any atom is 0.490 e. The first-order valence-corrected chi connectivity index (χ1v) is 12.7. The molecule has 4 heterocycles. The van der Waals surface area contributed by atoms with Crippen molar-refractivity contribution in [2.75, 3.05) is 52.5 Å². The molecule has 214 valence electrons. The van der Waals surface area contributed by atoms with Gasteiger partial charge in [-0.15, -0.1) is 0 Å². The topological polar surface area (TPSA) is 120 Å². The summed E-state index contributed by atoms with van der Waals surface area (Å²) in [5, 5.41) is 14.4. The van der Waals surface area contributed by atoms with Crippen LogP contribution in [0.5, 0.6) is 0 Å². The molecule has 1 aromatic heterocycles. The normalized spacial score (nSPS) is 24.3. The number of aryl methyl sites for hydroxylation is 1. The maximum absolute atomic E-state index is 13.9. The molecule has 4 rings (SSSR count). The standard InChI is InChI=1S/C22H36N6O3.C2HF3O2/c1-17(2)24-21(30)28-6-4-5-22(20(29)27-7-9-31-10-8-27)16-26(14-19(22)15-28)13-18-11-23-25(3)12-18;3-2(4,5)1(6)7/h11-12,17,19H,4-10,13-16H2,1-3H3,(H,24,30);(H,6,7)/t19-,22+;/m1./s1. The molecule has 3 aliphatic heterocycles. The van der Waals surface area contributed by atoms with Crippen LogP contribution in [0.3, 0.4) is 0 Å². The predicted octanol–water partition coefficient (Wildman–Crippen LogP) is 1.54. The summed E-state index contributed by atoms with van der Waals surface area (Å²) >= 11 is 0. The molecule has 0 unspecified atom stereocenters. The van der Waals surface area contributed by atoms with Crippen molar-refractivity contribution in [1.82, 2.24) is 29.8 Å². The number of urea groups is 1. The molecule has 3 saturated heterocycles. The summed E-state index contributed by atoms with van der Waals surface area (Å²) < 4.78 is 39.0. The minimum atomic E-state index is -5.08. The zero-order valence-electron chi connectivity index (χ0n) is 22.0. The van der Waals surface area contributed by atoms with Crippen molar-refractivity contribution in [3.8, 4) is 0 Å². The monoisotopic (exact) mass is 546 g/mol. The minimum Gasteiger partial charge on any atom is -0.475 e. The van der Waals surface area contributed by atoms with E-state index in [-0.39, 0.29) is 23.9 Å². The summed E-state index contributed by atoms with van der Waals surface area (Å²) in [6.07, 6.45) is 0.516. The lowest BCUT2D eigenvalue weighted by molar-refractivity contribution is -0.192. The molecule has 2 atom stereocenters. The highest BCUT2D eigenvalue weighted by Gasteiger charge is 2.54. The molecule has 0 aliphatic carbocycles. The van der Waals surface area contributed by atoms with Gasteiger partial charge in [0.2, 0.25) is 5.91 Å². The summed E-state index contributed by atoms with van der Waals surface area (Å²) in [4.78, 5) is 41.8. The molecule has 2 N–H and O–H groups in total. The van der Waals surface area contributed by atoms with Crippen LogP contribution in [0.15, 0.2) is 12.4 Å². The minimum absolute atomic E-state index is 0.0182. The van der Waals surface area contributed by atoms with E-state index in [0.29, 0.717) is 39.4 Å². The van der Waals surface area contributed by atoms with Gasteiger partial charge in [0.15, 0.2) is 0 Å². The van der Waals surface area contributed by atoms with E-state index in [1.54, 1.807) is 0 Å². The number of nitrogens with one attached hydrogen (secondary N) is 1. The van der Waals surface area contributed by atoms with Gasteiger partial charge in [-0.05, 0) is 26.7 Å². The van der Waals surface area contributed by atoms with Crippen LogP contribution in [0.25, 0.3) is 0 Å². The van der Waals surface area contributed by atoms with Crippen molar-refractivity contribution in [1.29, 1.82) is 0 Å². The molecule has 38 heavy (non-hydrogen) atoms. The van der Waals surface area contributed by atoms with Crippen LogP contribution >= 0.6 is 0 Å². The summed E-state index contributed by atoms with van der Waals surface area (Å²) in [6.45, 7) is 10.2. The first-order valence-electron chi connectivity index (χ1n) is 12.7. The summed E-state index contributed by atoms with van der Waals surface area (Å²) in [6, 6.07) is 0.0801. The smallest absolute Gasteiger partial charge is 0.475 e. The molecule has 0 saturated carbocycles. The van der Waals surface area contributed by atoms with E-state index in [9.17, 15) is 22.8 Å². The fourth-order valence-electron chi connectivity index (χ4n) is 5.42. The van der Waals surface area contributed by atoms with Gasteiger partial charge in [0.05, 0.1) is 24.8 Å². The van der Waals surface area contributed by atoms with E-state index in [1.165, 1.54) is 0 Å². The van der Waals surface area contributed by atoms with Gasteiger partial charge in [-0.3, -0.25) is 14.4 Å². The number of likely N-dealkylation sites (tertiary alicyclic amines) is 2. The summed E-state index contributed by atoms with van der Waals surface area (Å²) in [5.74, 6) is -2.38. The molecule has 0 aromatic carbocycles. The Morgan fingerprint density at radius 2 is 1.84 bits per heavy atom. The van der Waals surface area contributed by atoms with Crippen LogP contribution in [-0.4, -0.2) is 112 Å². The number of carbonyl (C=O) groups is 3. The molecule has 0 radical (unpaired) electrons. The Bertz CT molecular complexity index is 981. The number of alkyl halides is 3. The van der Waals surface area contributed by atoms with Crippen LogP contribution in [0.4, 0.5) is 18.0 Å². The molecule has 14 heteroatoms. The van der Waals surface area contributed by atoms with E-state index < -0.39 is 17.6 Å². The number of hydrogen-bond acceptors (Lipinski definition) is 6. The van der Waals surface area contributed by atoms with Crippen LogP contribution in [0.1, 0.15) is 32.3 Å². The maximum atomic E-state index is 13.9. The van der Waals surface area contributed by atoms with Gasteiger partial charge >= 0.3 is 18.2 Å². The quantitative estimate of drug-likeness (QED) is 0.588. The van der Waals surface area contributed by atoms with Gasteiger partial charge in [0, 0.05) is 76.6 Å². The van der Waals surface area contributed by atoms with Crippen LogP contribution in [0, 0.1) is 11.3 Å². The third kappa shape index (κ3) is 7.37. The fourth-order valence-corrected chi connectivity index (χ4v) is 5.42. The Morgan fingerprint density at radius 1 is 1.18 bits per heavy atom. The van der Waals surface area contributed by atoms with Crippen LogP contribution in [-0.2, 0) is 27.9 Å². The van der Waals surface area contributed by atoms with Gasteiger partial charge in [-0.25, -0.2) is 9.59 Å². The molecule has 0 spiro atoms. The number of ether oxygens (including phenoxy) is 1. The van der Waals surface area contributed by atoms with Crippen molar-refractivity contribution >= 4 is 17.9 Å². The SMILES string of the molecule is CC(C)NC(=O)N1CCC[C@]2(C(=O)N3CCOCC3)CN(Cc3cnn(C)c3)C[C@@H]2C1.O=C(O)C(F)(F)F. The lowest BCUT2D eigenvalue weighted by Gasteiger charge is -2.39. The molecule has 3 fully saturated rings. The van der Waals surface area contributed by atoms with E-state index >= 15 is 0 Å². The van der Waals surface area contributed by atoms with Crippen molar-refractivity contribution < 1.29 is 37.4 Å². The first kappa shape index (κ1) is 29.7. The first-order chi connectivity index (χ1) is 17.8. The number of hydrogen-bond donors (Lipinski definition) is 2. The second-order valence-corrected chi connectivity index (χ2v) is 10.4. The number of nitrogens with zero attached hydrogens (tertiary/aromatic N) is 5. The Hall–Kier alpha value is -2.87. The zero-order valence-corrected chi connectivity index (χ0v) is 22.0. The second kappa shape index (κ2) is 12.3. The molecular formula is C24H37F3N6O5. The molecule has 3 aliphatic rings. The van der Waals surface area contributed by atoms with Crippen molar-refractivity contribution in [3.05, 3.63) is 18.0 Å². The van der Waals surface area contributed by atoms with Crippen molar-refractivity contribution in [3.63, 3.8) is 0 Å². The van der Waals surface area contributed by atoms with Gasteiger partial charge < -0.3 is 25.0 Å². The number of fused-ring (bicyclic) bond motifs is 1. The predicted molar refractivity (Wildman–Crippen MR) is 130 cm³/mol. The Kier molecular flexibility index (Phi) is 9.63. The Labute approximate surface area is 219 Å².